The van der Waals surface area contributed by atoms with Crippen LogP contribution in [0.4, 0.5) is 5.69 Å². The molecule has 1 atom stereocenters. The van der Waals surface area contributed by atoms with E-state index in [1.54, 1.807) is 12.1 Å². The molecule has 0 bridgehead atoms. The third-order valence-electron chi connectivity index (χ3n) is 3.40. The van der Waals surface area contributed by atoms with E-state index in [1.165, 1.54) is 19.4 Å². The number of halogens is 1. The number of nitriles is 1. The first-order chi connectivity index (χ1) is 8.69. The van der Waals surface area contributed by atoms with Crippen LogP contribution in [0.2, 0.25) is 5.02 Å². The van der Waals surface area contributed by atoms with E-state index in [2.05, 4.69) is 23.3 Å². The largest absolute Gasteiger partial charge is 0.384 e. The highest BCUT2D eigenvalue weighted by molar-refractivity contribution is 6.33. The zero-order valence-electron chi connectivity index (χ0n) is 10.6. The molecule has 0 aliphatic carbocycles. The van der Waals surface area contributed by atoms with Crippen molar-refractivity contribution in [2.24, 2.45) is 5.92 Å². The predicted octanol–water partition coefficient (Wildman–Crippen LogP) is 2.97. The average molecular weight is 264 g/mol. The van der Waals surface area contributed by atoms with Gasteiger partial charge >= 0.3 is 0 Å². The number of rotatable bonds is 3. The van der Waals surface area contributed by atoms with Crippen molar-refractivity contribution in [3.63, 3.8) is 0 Å². The summed E-state index contributed by atoms with van der Waals surface area (Å²) >= 11 is 6.13. The van der Waals surface area contributed by atoms with Crippen LogP contribution in [0.5, 0.6) is 0 Å². The van der Waals surface area contributed by atoms with Gasteiger partial charge in [-0.05, 0) is 50.6 Å². The van der Waals surface area contributed by atoms with Gasteiger partial charge in [0.25, 0.3) is 0 Å². The van der Waals surface area contributed by atoms with E-state index in [1.807, 2.05) is 6.07 Å². The average Bonchev–Trinajstić information content (AvgIpc) is 2.37. The molecule has 0 aromatic heterocycles. The Morgan fingerprint density at radius 1 is 1.56 bits per heavy atom. The molecule has 96 valence electrons. The van der Waals surface area contributed by atoms with Crippen molar-refractivity contribution >= 4 is 17.3 Å². The molecule has 1 unspecified atom stereocenters. The Kier molecular flexibility index (Phi) is 4.46. The van der Waals surface area contributed by atoms with Crippen LogP contribution in [-0.2, 0) is 0 Å². The minimum atomic E-state index is 0.600. The molecule has 1 N–H and O–H groups in total. The Balaban J connectivity index is 1.92. The normalized spacial score (nSPS) is 20.4. The SMILES string of the molecule is CN1CCCC(CNc2ccc(C#N)cc2Cl)C1. The van der Waals surface area contributed by atoms with Crippen molar-refractivity contribution in [1.29, 1.82) is 5.26 Å². The Labute approximate surface area is 113 Å². The van der Waals surface area contributed by atoms with Crippen molar-refractivity contribution in [3.05, 3.63) is 28.8 Å². The monoisotopic (exact) mass is 263 g/mol. The Morgan fingerprint density at radius 3 is 3.06 bits per heavy atom. The first kappa shape index (κ1) is 13.2. The van der Waals surface area contributed by atoms with Crippen LogP contribution in [-0.4, -0.2) is 31.6 Å². The van der Waals surface area contributed by atoms with Gasteiger partial charge in [0.1, 0.15) is 0 Å². The fraction of sp³-hybridized carbons (Fsp3) is 0.500. The molecule has 2 rings (SSSR count). The zero-order chi connectivity index (χ0) is 13.0. The van der Waals surface area contributed by atoms with Crippen LogP contribution in [0.25, 0.3) is 0 Å². The number of likely N-dealkylation sites (tertiary alicyclic amines) is 1. The molecule has 1 aromatic rings. The number of hydrogen-bond acceptors (Lipinski definition) is 3. The number of nitrogens with zero attached hydrogens (tertiary/aromatic N) is 2. The van der Waals surface area contributed by atoms with Gasteiger partial charge in [0.15, 0.2) is 0 Å². The standard InChI is InChI=1S/C14H18ClN3/c1-18-6-2-3-12(10-18)9-17-14-5-4-11(8-16)7-13(14)15/h4-5,7,12,17H,2-3,6,9-10H2,1H3. The van der Waals surface area contributed by atoms with Crippen LogP contribution < -0.4 is 5.32 Å². The van der Waals surface area contributed by atoms with Gasteiger partial charge in [-0.15, -0.1) is 0 Å². The Hall–Kier alpha value is -1.24. The van der Waals surface area contributed by atoms with Crippen LogP contribution in [0.1, 0.15) is 18.4 Å². The molecule has 1 fully saturated rings. The number of hydrogen-bond donors (Lipinski definition) is 1. The van der Waals surface area contributed by atoms with Gasteiger partial charge in [-0.3, -0.25) is 0 Å². The fourth-order valence-corrected chi connectivity index (χ4v) is 2.67. The van der Waals surface area contributed by atoms with Gasteiger partial charge in [-0.25, -0.2) is 0 Å². The lowest BCUT2D eigenvalue weighted by molar-refractivity contribution is 0.217. The highest BCUT2D eigenvalue weighted by Gasteiger charge is 2.17. The summed E-state index contributed by atoms with van der Waals surface area (Å²) in [5.41, 5.74) is 1.52. The van der Waals surface area contributed by atoms with Crippen LogP contribution in [0.3, 0.4) is 0 Å². The van der Waals surface area contributed by atoms with Crippen molar-refractivity contribution < 1.29 is 0 Å². The van der Waals surface area contributed by atoms with Crippen molar-refractivity contribution in [3.8, 4) is 6.07 Å². The second-order valence-corrected chi connectivity index (χ2v) is 5.37. The minimum Gasteiger partial charge on any atom is -0.384 e. The van der Waals surface area contributed by atoms with Crippen LogP contribution in [0.15, 0.2) is 18.2 Å². The van der Waals surface area contributed by atoms with Gasteiger partial charge < -0.3 is 10.2 Å². The quantitative estimate of drug-likeness (QED) is 0.911. The summed E-state index contributed by atoms with van der Waals surface area (Å²) in [6.07, 6.45) is 2.54. The first-order valence-corrected chi connectivity index (χ1v) is 6.69. The van der Waals surface area contributed by atoms with Gasteiger partial charge in [0.2, 0.25) is 0 Å². The summed E-state index contributed by atoms with van der Waals surface area (Å²) in [7, 11) is 2.17. The molecule has 18 heavy (non-hydrogen) atoms. The van der Waals surface area contributed by atoms with E-state index in [0.29, 0.717) is 16.5 Å². The lowest BCUT2D eigenvalue weighted by Gasteiger charge is -2.30. The van der Waals surface area contributed by atoms with E-state index in [-0.39, 0.29) is 0 Å². The molecule has 1 aromatic carbocycles. The summed E-state index contributed by atoms with van der Waals surface area (Å²) in [6.45, 7) is 3.28. The van der Waals surface area contributed by atoms with E-state index in [4.69, 9.17) is 16.9 Å². The summed E-state index contributed by atoms with van der Waals surface area (Å²) in [6, 6.07) is 7.47. The Morgan fingerprint density at radius 2 is 2.39 bits per heavy atom. The molecule has 0 spiro atoms. The molecule has 1 heterocycles. The van der Waals surface area contributed by atoms with Crippen molar-refractivity contribution in [2.75, 3.05) is 32.0 Å². The number of anilines is 1. The molecule has 1 aliphatic heterocycles. The third-order valence-corrected chi connectivity index (χ3v) is 3.71. The first-order valence-electron chi connectivity index (χ1n) is 6.31. The van der Waals surface area contributed by atoms with Gasteiger partial charge in [-0.1, -0.05) is 11.6 Å². The highest BCUT2D eigenvalue weighted by Crippen LogP contribution is 2.24. The number of piperidine rings is 1. The van der Waals surface area contributed by atoms with Gasteiger partial charge in [0.05, 0.1) is 22.3 Å². The second-order valence-electron chi connectivity index (χ2n) is 4.96. The lowest BCUT2D eigenvalue weighted by Crippen LogP contribution is -2.35. The number of nitrogens with one attached hydrogen (secondary N) is 1. The zero-order valence-corrected chi connectivity index (χ0v) is 11.4. The summed E-state index contributed by atoms with van der Waals surface area (Å²) in [4.78, 5) is 2.37. The topological polar surface area (TPSA) is 39.1 Å². The maximum atomic E-state index is 8.78. The summed E-state index contributed by atoms with van der Waals surface area (Å²) in [5, 5.41) is 12.8. The van der Waals surface area contributed by atoms with Gasteiger partial charge in [-0.2, -0.15) is 5.26 Å². The molecule has 4 heteroatoms. The van der Waals surface area contributed by atoms with Gasteiger partial charge in [0, 0.05) is 13.1 Å². The fourth-order valence-electron chi connectivity index (χ4n) is 2.42. The van der Waals surface area contributed by atoms with E-state index in [9.17, 15) is 0 Å². The van der Waals surface area contributed by atoms with E-state index in [0.717, 1.165) is 18.8 Å². The smallest absolute Gasteiger partial charge is 0.0992 e. The highest BCUT2D eigenvalue weighted by atomic mass is 35.5. The maximum Gasteiger partial charge on any atom is 0.0992 e. The summed E-state index contributed by atoms with van der Waals surface area (Å²) in [5.74, 6) is 0.676. The van der Waals surface area contributed by atoms with Crippen LogP contribution >= 0.6 is 11.6 Å². The molecule has 1 aliphatic rings. The third kappa shape index (κ3) is 3.38. The maximum absolute atomic E-state index is 8.78. The van der Waals surface area contributed by atoms with E-state index < -0.39 is 0 Å². The predicted molar refractivity (Wildman–Crippen MR) is 74.9 cm³/mol. The molecule has 1 saturated heterocycles. The van der Waals surface area contributed by atoms with Crippen molar-refractivity contribution in [2.45, 2.75) is 12.8 Å². The molecular formula is C14H18ClN3. The van der Waals surface area contributed by atoms with Crippen molar-refractivity contribution in [1.82, 2.24) is 4.90 Å². The van der Waals surface area contributed by atoms with E-state index >= 15 is 0 Å². The lowest BCUT2D eigenvalue weighted by atomic mass is 9.98. The summed E-state index contributed by atoms with van der Waals surface area (Å²) < 4.78 is 0. The molecule has 0 saturated carbocycles. The molecule has 3 nitrogen and oxygen atoms in total. The molecular weight excluding hydrogens is 246 g/mol. The molecule has 0 radical (unpaired) electrons. The molecule has 0 amide bonds. The van der Waals surface area contributed by atoms with Crippen LogP contribution in [0, 0.1) is 17.2 Å². The second kappa shape index (κ2) is 6.08. The minimum absolute atomic E-state index is 0.600. The Bertz CT molecular complexity index is 453. The number of benzene rings is 1.